The molecule has 1 heterocycles. The van der Waals surface area contributed by atoms with Crippen molar-refractivity contribution in [3.63, 3.8) is 0 Å². The van der Waals surface area contributed by atoms with E-state index in [2.05, 4.69) is 38.2 Å². The van der Waals surface area contributed by atoms with Crippen LogP contribution in [0, 0.1) is 0 Å². The maximum Gasteiger partial charge on any atom is 0.472 e. The van der Waals surface area contributed by atoms with Crippen LogP contribution in [0.4, 0.5) is 0 Å². The molecule has 0 aromatic carbocycles. The topological polar surface area (TPSA) is 289 Å². The van der Waals surface area contributed by atoms with Crippen molar-refractivity contribution < 1.29 is 87.9 Å². The van der Waals surface area contributed by atoms with Gasteiger partial charge in [0.15, 0.2) is 12.4 Å². The molecular formula is C51H93O18P. The van der Waals surface area contributed by atoms with Crippen molar-refractivity contribution >= 4 is 19.8 Å². The quantitative estimate of drug-likeness (QED) is 0.0134. The maximum atomic E-state index is 13.4. The summed E-state index contributed by atoms with van der Waals surface area (Å²) in [5.74, 6) is -1.23. The van der Waals surface area contributed by atoms with Gasteiger partial charge in [-0.05, 0) is 64.2 Å². The molecule has 1 aliphatic heterocycles. The molecule has 9 N–H and O–H groups in total. The van der Waals surface area contributed by atoms with Gasteiger partial charge in [0, 0.05) is 12.8 Å². The summed E-state index contributed by atoms with van der Waals surface area (Å²) >= 11 is 0. The predicted molar refractivity (Wildman–Crippen MR) is 263 cm³/mol. The molecule has 6 unspecified atom stereocenters. The number of aliphatic hydroxyl groups excluding tert-OH is 8. The van der Waals surface area contributed by atoms with Gasteiger partial charge in [0.2, 0.25) is 0 Å². The fraction of sp³-hybridized carbons (Fsp3) is 0.882. The number of phosphoric ester groups is 1. The molecule has 0 amide bonds. The van der Waals surface area contributed by atoms with Crippen LogP contribution in [-0.4, -0.2) is 151 Å². The number of carbonyl (C=O) groups excluding carboxylic acids is 2. The highest BCUT2D eigenvalue weighted by atomic mass is 31.2. The third kappa shape index (κ3) is 26.9. The second-order valence-electron chi connectivity index (χ2n) is 19.1. The highest BCUT2D eigenvalue weighted by Gasteiger charge is 2.55. The van der Waals surface area contributed by atoms with Gasteiger partial charge in [-0.3, -0.25) is 18.6 Å². The van der Waals surface area contributed by atoms with E-state index < -0.39 is 113 Å². The molecule has 0 aromatic rings. The molecule has 19 heteroatoms. The summed E-state index contributed by atoms with van der Waals surface area (Å²) < 4.78 is 45.5. The van der Waals surface area contributed by atoms with Crippen molar-refractivity contribution in [2.24, 2.45) is 0 Å². The summed E-state index contributed by atoms with van der Waals surface area (Å²) in [6, 6.07) is 0. The minimum Gasteiger partial charge on any atom is -0.462 e. The molecule has 1 saturated carbocycles. The number of aliphatic hydroxyl groups is 8. The molecule has 2 fully saturated rings. The minimum absolute atomic E-state index is 0.0220. The predicted octanol–water partition coefficient (Wildman–Crippen LogP) is 6.66. The van der Waals surface area contributed by atoms with E-state index >= 15 is 0 Å². The highest BCUT2D eigenvalue weighted by molar-refractivity contribution is 7.47. The molecular weight excluding hydrogens is 932 g/mol. The smallest absolute Gasteiger partial charge is 0.462 e. The average Bonchev–Trinajstić information content (AvgIpc) is 3.34. The molecule has 13 atom stereocenters. The van der Waals surface area contributed by atoms with Crippen LogP contribution in [0.15, 0.2) is 24.3 Å². The fourth-order valence-electron chi connectivity index (χ4n) is 8.46. The molecule has 2 rings (SSSR count). The Kier molecular flexibility index (Phi) is 35.5. The summed E-state index contributed by atoms with van der Waals surface area (Å²) in [6.45, 7) is 2.21. The molecule has 0 radical (unpaired) electrons. The summed E-state index contributed by atoms with van der Waals surface area (Å²) in [7, 11) is -5.38. The number of carbonyl (C=O) groups is 2. The second kappa shape index (κ2) is 38.7. The van der Waals surface area contributed by atoms with E-state index in [0.717, 1.165) is 77.0 Å². The van der Waals surface area contributed by atoms with Crippen LogP contribution >= 0.6 is 7.82 Å². The zero-order chi connectivity index (χ0) is 51.6. The molecule has 70 heavy (non-hydrogen) atoms. The van der Waals surface area contributed by atoms with Gasteiger partial charge >= 0.3 is 19.8 Å². The van der Waals surface area contributed by atoms with E-state index in [-0.39, 0.29) is 12.8 Å². The van der Waals surface area contributed by atoms with E-state index in [9.17, 15) is 59.9 Å². The number of allylic oxidation sites excluding steroid dienone is 4. The molecule has 1 saturated heterocycles. The van der Waals surface area contributed by atoms with Crippen LogP contribution in [0.3, 0.4) is 0 Å². The summed E-state index contributed by atoms with van der Waals surface area (Å²) in [5, 5.41) is 83.0. The number of ether oxygens (including phenoxy) is 4. The Morgan fingerprint density at radius 1 is 0.529 bits per heavy atom. The third-order valence-corrected chi connectivity index (χ3v) is 13.9. The van der Waals surface area contributed by atoms with Gasteiger partial charge in [0.05, 0.1) is 13.2 Å². The van der Waals surface area contributed by atoms with Crippen molar-refractivity contribution in [3.8, 4) is 0 Å². The normalized spacial score (nSPS) is 27.5. The number of phosphoric acid groups is 1. The van der Waals surface area contributed by atoms with Crippen molar-refractivity contribution in [2.45, 2.75) is 267 Å². The van der Waals surface area contributed by atoms with E-state index in [1.807, 2.05) is 0 Å². The Morgan fingerprint density at radius 3 is 1.41 bits per heavy atom. The Bertz CT molecular complexity index is 1450. The van der Waals surface area contributed by atoms with E-state index in [1.54, 1.807) is 0 Å². The van der Waals surface area contributed by atoms with E-state index in [0.29, 0.717) is 12.8 Å². The molecule has 410 valence electrons. The number of hydrogen-bond donors (Lipinski definition) is 9. The first-order valence-electron chi connectivity index (χ1n) is 26.7. The monoisotopic (exact) mass is 1020 g/mol. The van der Waals surface area contributed by atoms with Crippen molar-refractivity contribution in [3.05, 3.63) is 24.3 Å². The van der Waals surface area contributed by atoms with Gasteiger partial charge in [-0.1, -0.05) is 141 Å². The molecule has 0 bridgehead atoms. The molecule has 1 aliphatic carbocycles. The van der Waals surface area contributed by atoms with Gasteiger partial charge in [-0.2, -0.15) is 0 Å². The molecule has 0 aromatic heterocycles. The second-order valence-corrected chi connectivity index (χ2v) is 20.5. The maximum absolute atomic E-state index is 13.4. The van der Waals surface area contributed by atoms with Crippen LogP contribution in [0.5, 0.6) is 0 Å². The van der Waals surface area contributed by atoms with E-state index in [4.69, 9.17) is 28.0 Å². The van der Waals surface area contributed by atoms with Crippen molar-refractivity contribution in [2.75, 3.05) is 19.8 Å². The first kappa shape index (κ1) is 64.2. The number of unbranched alkanes of at least 4 members (excludes halogenated alkanes) is 22. The minimum atomic E-state index is -5.38. The summed E-state index contributed by atoms with van der Waals surface area (Å²) in [5.41, 5.74) is 0. The van der Waals surface area contributed by atoms with Gasteiger partial charge in [-0.15, -0.1) is 0 Å². The molecule has 2 aliphatic rings. The largest absolute Gasteiger partial charge is 0.472 e. The first-order valence-corrected chi connectivity index (χ1v) is 28.2. The standard InChI is InChI=1S/C51H93O18P/c1-3-5-7-9-11-13-15-17-19-21-23-25-27-29-31-33-40(53)64-36-38(66-41(54)34-32-30-28-26-24-22-20-18-16-14-12-10-8-6-4-2)37-65-70(62,63)69-50-47(60)45(58)44(57)46(59)49(50)68-51-48(61)43(56)42(55)39(35-52)67-51/h17-20,38-39,42-52,55-61H,3-16,21-37H2,1-2H3,(H,62,63)/b19-17-,20-18-/t38-,39?,42-,43?,44-,45?,46?,47?,48-,49-,50-,51-/m1/s1. The van der Waals surface area contributed by atoms with Crippen molar-refractivity contribution in [1.82, 2.24) is 0 Å². The van der Waals surface area contributed by atoms with Gasteiger partial charge in [0.25, 0.3) is 0 Å². The zero-order valence-corrected chi connectivity index (χ0v) is 43.2. The lowest BCUT2D eigenvalue weighted by molar-refractivity contribution is -0.338. The number of hydrogen-bond acceptors (Lipinski definition) is 17. The lowest BCUT2D eigenvalue weighted by Gasteiger charge is -2.47. The third-order valence-electron chi connectivity index (χ3n) is 12.9. The Morgan fingerprint density at radius 2 is 0.943 bits per heavy atom. The zero-order valence-electron chi connectivity index (χ0n) is 42.3. The van der Waals surface area contributed by atoms with Gasteiger partial charge < -0.3 is 64.7 Å². The van der Waals surface area contributed by atoms with Crippen LogP contribution < -0.4 is 0 Å². The highest BCUT2D eigenvalue weighted by Crippen LogP contribution is 2.48. The fourth-order valence-corrected chi connectivity index (χ4v) is 9.42. The number of esters is 2. The Labute approximate surface area is 417 Å². The summed E-state index contributed by atoms with van der Waals surface area (Å²) in [4.78, 5) is 36.6. The Balaban J connectivity index is 1.93. The lowest BCUT2D eigenvalue weighted by Crippen LogP contribution is -2.67. The first-order chi connectivity index (χ1) is 33.7. The summed E-state index contributed by atoms with van der Waals surface area (Å²) in [6.07, 6.45) is 13.9. The average molecular weight is 1030 g/mol. The van der Waals surface area contributed by atoms with Gasteiger partial charge in [-0.25, -0.2) is 4.57 Å². The van der Waals surface area contributed by atoms with E-state index in [1.165, 1.54) is 77.0 Å². The van der Waals surface area contributed by atoms with Crippen LogP contribution in [0.1, 0.15) is 194 Å². The molecule has 18 nitrogen and oxygen atoms in total. The van der Waals surface area contributed by atoms with Crippen LogP contribution in [0.25, 0.3) is 0 Å². The molecule has 0 spiro atoms. The Hall–Kier alpha value is -1.87. The SMILES string of the molecule is CCCCCCCC/C=C\CCCCCCCC(=O)OC[C@H](COP(=O)(O)O[C@@H]1C(O)C(O)[C@@H](O)C(O)[C@H]1O[C@H]1OC(CO)[C@@H](O)C(O)[C@H]1O)OC(=O)CCCCCCC/C=C\CCCCCCCC. The number of rotatable bonds is 41. The van der Waals surface area contributed by atoms with Crippen molar-refractivity contribution in [1.29, 1.82) is 0 Å². The van der Waals surface area contributed by atoms with Crippen LogP contribution in [0.2, 0.25) is 0 Å². The van der Waals surface area contributed by atoms with Gasteiger partial charge in [0.1, 0.15) is 67.6 Å². The lowest BCUT2D eigenvalue weighted by atomic mass is 9.84. The van der Waals surface area contributed by atoms with Crippen LogP contribution in [-0.2, 0) is 42.1 Å².